The Labute approximate surface area is 89.7 Å². The van der Waals surface area contributed by atoms with E-state index in [0.717, 1.165) is 23.3 Å². The van der Waals surface area contributed by atoms with Crippen LogP contribution in [0, 0.1) is 0 Å². The molecule has 15 heavy (non-hydrogen) atoms. The fourth-order valence-corrected chi connectivity index (χ4v) is 1.74. The minimum absolute atomic E-state index is 0.408. The van der Waals surface area contributed by atoms with Crippen molar-refractivity contribution in [3.63, 3.8) is 0 Å². The highest BCUT2D eigenvalue weighted by Gasteiger charge is 2.29. The highest BCUT2D eigenvalue weighted by atomic mass is 32.2. The average Bonchev–Trinajstić information content (AvgIpc) is 2.18. The molecule has 1 rings (SSSR count). The molecule has 0 bridgehead atoms. The van der Waals surface area contributed by atoms with Crippen LogP contribution in [0.15, 0.2) is 29.2 Å². The van der Waals surface area contributed by atoms with E-state index in [-0.39, 0.29) is 0 Å². The highest BCUT2D eigenvalue weighted by molar-refractivity contribution is 7.99. The Hall–Kier alpha value is -0.970. The van der Waals surface area contributed by atoms with Gasteiger partial charge in [0.1, 0.15) is 6.29 Å². The number of alkyl halides is 3. The normalized spacial score (nSPS) is 11.4. The zero-order valence-electron chi connectivity index (χ0n) is 7.75. The number of rotatable bonds is 4. The molecule has 0 fully saturated rings. The Balaban J connectivity index is 2.60. The van der Waals surface area contributed by atoms with Crippen LogP contribution < -0.4 is 0 Å². The molecule has 0 amide bonds. The van der Waals surface area contributed by atoms with Crippen LogP contribution in [0.5, 0.6) is 0 Å². The Morgan fingerprint density at radius 1 is 1.20 bits per heavy atom. The number of hydrogen-bond donors (Lipinski definition) is 0. The number of hydrogen-bond acceptors (Lipinski definition) is 2. The maximum Gasteiger partial charge on any atom is 0.416 e. The van der Waals surface area contributed by atoms with Crippen molar-refractivity contribution in [1.29, 1.82) is 0 Å². The fourth-order valence-electron chi connectivity index (χ4n) is 0.965. The second kappa shape index (κ2) is 5.21. The summed E-state index contributed by atoms with van der Waals surface area (Å²) in [5, 5.41) is 0. The molecule has 1 nitrogen and oxygen atoms in total. The van der Waals surface area contributed by atoms with Gasteiger partial charge in [-0.1, -0.05) is 0 Å². The van der Waals surface area contributed by atoms with Crippen LogP contribution in [0.1, 0.15) is 12.0 Å². The summed E-state index contributed by atoms with van der Waals surface area (Å²) in [6, 6.07) is 4.92. The van der Waals surface area contributed by atoms with E-state index in [1.807, 2.05) is 0 Å². The number of halogens is 3. The molecule has 0 radical (unpaired) electrons. The van der Waals surface area contributed by atoms with Crippen LogP contribution in [0.3, 0.4) is 0 Å². The number of thioether (sulfide) groups is 1. The second-order valence-electron chi connectivity index (χ2n) is 2.83. The lowest BCUT2D eigenvalue weighted by Gasteiger charge is -2.06. The maximum atomic E-state index is 12.2. The number of aldehydes is 1. The van der Waals surface area contributed by atoms with Gasteiger partial charge < -0.3 is 4.79 Å². The molecular formula is C10H9F3OS. The number of benzene rings is 1. The minimum atomic E-state index is -4.29. The molecule has 0 atom stereocenters. The zero-order chi connectivity index (χ0) is 11.3. The Kier molecular flexibility index (Phi) is 4.20. The largest absolute Gasteiger partial charge is 0.416 e. The van der Waals surface area contributed by atoms with Crippen molar-refractivity contribution in [3.8, 4) is 0 Å². The summed E-state index contributed by atoms with van der Waals surface area (Å²) >= 11 is 1.37. The molecular weight excluding hydrogens is 225 g/mol. The van der Waals surface area contributed by atoms with Crippen LogP contribution >= 0.6 is 11.8 Å². The van der Waals surface area contributed by atoms with Gasteiger partial charge in [0, 0.05) is 17.1 Å². The van der Waals surface area contributed by atoms with Crippen molar-refractivity contribution in [2.24, 2.45) is 0 Å². The fraction of sp³-hybridized carbons (Fsp3) is 0.300. The highest BCUT2D eigenvalue weighted by Crippen LogP contribution is 2.30. The quantitative estimate of drug-likeness (QED) is 0.451. The second-order valence-corrected chi connectivity index (χ2v) is 3.99. The summed E-state index contributed by atoms with van der Waals surface area (Å²) in [4.78, 5) is 10.8. The molecule has 0 saturated carbocycles. The smallest absolute Gasteiger partial charge is 0.303 e. The first-order valence-electron chi connectivity index (χ1n) is 4.28. The molecule has 5 heteroatoms. The molecule has 1 aromatic carbocycles. The summed E-state index contributed by atoms with van der Waals surface area (Å²) < 4.78 is 36.5. The third-order valence-electron chi connectivity index (χ3n) is 1.69. The first-order valence-corrected chi connectivity index (χ1v) is 5.26. The third kappa shape index (κ3) is 3.95. The van der Waals surface area contributed by atoms with Gasteiger partial charge in [-0.3, -0.25) is 0 Å². The SMILES string of the molecule is O=CCCSc1ccc(C(F)(F)F)cc1. The first kappa shape index (κ1) is 12.1. The summed E-state index contributed by atoms with van der Waals surface area (Å²) in [6.45, 7) is 0. The van der Waals surface area contributed by atoms with Crippen molar-refractivity contribution in [2.45, 2.75) is 17.5 Å². The molecule has 0 aromatic heterocycles. The lowest BCUT2D eigenvalue weighted by Crippen LogP contribution is -2.03. The molecule has 0 N–H and O–H groups in total. The molecule has 82 valence electrons. The van der Waals surface area contributed by atoms with Crippen molar-refractivity contribution >= 4 is 18.0 Å². The van der Waals surface area contributed by atoms with Gasteiger partial charge in [0.25, 0.3) is 0 Å². The van der Waals surface area contributed by atoms with Crippen LogP contribution in [-0.2, 0) is 11.0 Å². The van der Waals surface area contributed by atoms with Crippen molar-refractivity contribution in [1.82, 2.24) is 0 Å². The van der Waals surface area contributed by atoms with E-state index in [2.05, 4.69) is 0 Å². The average molecular weight is 234 g/mol. The first-order chi connectivity index (χ1) is 7.04. The predicted molar refractivity (Wildman–Crippen MR) is 52.8 cm³/mol. The van der Waals surface area contributed by atoms with Gasteiger partial charge in [-0.05, 0) is 24.3 Å². The maximum absolute atomic E-state index is 12.2. The lowest BCUT2D eigenvalue weighted by molar-refractivity contribution is -0.137. The molecule has 0 unspecified atom stereocenters. The molecule has 1 aromatic rings. The Morgan fingerprint density at radius 3 is 2.27 bits per heavy atom. The summed E-state index contributed by atoms with van der Waals surface area (Å²) in [5.41, 5.74) is -0.651. The van der Waals surface area contributed by atoms with E-state index in [1.54, 1.807) is 0 Å². The van der Waals surface area contributed by atoms with Gasteiger partial charge >= 0.3 is 6.18 Å². The Bertz CT molecular complexity index is 318. The predicted octanol–water partition coefficient (Wildman–Crippen LogP) is 3.39. The minimum Gasteiger partial charge on any atom is -0.303 e. The monoisotopic (exact) mass is 234 g/mol. The van der Waals surface area contributed by atoms with Gasteiger partial charge in [-0.15, -0.1) is 11.8 Å². The summed E-state index contributed by atoms with van der Waals surface area (Å²) in [7, 11) is 0. The van der Waals surface area contributed by atoms with Gasteiger partial charge in [-0.2, -0.15) is 13.2 Å². The molecule has 0 spiro atoms. The third-order valence-corrected chi connectivity index (χ3v) is 2.73. The van der Waals surface area contributed by atoms with Crippen LogP contribution in [0.25, 0.3) is 0 Å². The lowest BCUT2D eigenvalue weighted by atomic mass is 10.2. The van der Waals surface area contributed by atoms with E-state index in [4.69, 9.17) is 0 Å². The van der Waals surface area contributed by atoms with Crippen molar-refractivity contribution < 1.29 is 18.0 Å². The summed E-state index contributed by atoms with van der Waals surface area (Å²) in [5.74, 6) is 0.592. The molecule has 0 heterocycles. The Morgan fingerprint density at radius 2 is 1.80 bits per heavy atom. The standard InChI is InChI=1S/C10H9F3OS/c11-10(12,13)8-2-4-9(5-3-8)15-7-1-6-14/h2-6H,1,7H2. The summed E-state index contributed by atoms with van der Waals surface area (Å²) in [6.07, 6.45) is -3.09. The number of carbonyl (C=O) groups is 1. The molecule has 0 aliphatic rings. The van der Waals surface area contributed by atoms with E-state index in [9.17, 15) is 18.0 Å². The van der Waals surface area contributed by atoms with Crippen LogP contribution in [0.2, 0.25) is 0 Å². The van der Waals surface area contributed by atoms with E-state index in [1.165, 1.54) is 23.9 Å². The topological polar surface area (TPSA) is 17.1 Å². The molecule has 0 aliphatic heterocycles. The van der Waals surface area contributed by atoms with Gasteiger partial charge in [0.15, 0.2) is 0 Å². The van der Waals surface area contributed by atoms with Crippen LogP contribution in [0.4, 0.5) is 13.2 Å². The van der Waals surface area contributed by atoms with Crippen molar-refractivity contribution in [2.75, 3.05) is 5.75 Å². The number of carbonyl (C=O) groups excluding carboxylic acids is 1. The van der Waals surface area contributed by atoms with E-state index >= 15 is 0 Å². The van der Waals surface area contributed by atoms with Gasteiger partial charge in [-0.25, -0.2) is 0 Å². The molecule has 0 saturated heterocycles. The van der Waals surface area contributed by atoms with Gasteiger partial charge in [0.2, 0.25) is 0 Å². The zero-order valence-corrected chi connectivity index (χ0v) is 8.57. The van der Waals surface area contributed by atoms with E-state index < -0.39 is 11.7 Å². The van der Waals surface area contributed by atoms with Gasteiger partial charge in [0.05, 0.1) is 5.56 Å². The van der Waals surface area contributed by atoms with E-state index in [0.29, 0.717) is 12.2 Å². The van der Waals surface area contributed by atoms with Crippen molar-refractivity contribution in [3.05, 3.63) is 29.8 Å². The molecule has 0 aliphatic carbocycles. The van der Waals surface area contributed by atoms with Crippen LogP contribution in [-0.4, -0.2) is 12.0 Å².